The van der Waals surface area contributed by atoms with Gasteiger partial charge in [-0.15, -0.1) is 0 Å². The Morgan fingerprint density at radius 1 is 1.50 bits per heavy atom. The Bertz CT molecular complexity index is 291. The summed E-state index contributed by atoms with van der Waals surface area (Å²) in [6.07, 6.45) is -3.13. The Balaban J connectivity index is 2.65. The maximum absolute atomic E-state index is 12.8. The molecule has 3 N–H and O–H groups in total. The lowest BCUT2D eigenvalue weighted by molar-refractivity contribution is -0.161. The largest absolute Gasteiger partial charge is 0.409 e. The molecule has 0 bridgehead atoms. The Morgan fingerprint density at radius 3 is 2.50 bits per heavy atom. The number of hydrogen-bond donors (Lipinski definition) is 2. The topological polar surface area (TPSA) is 71.1 Å². The number of hydrogen-bond acceptors (Lipinski definition) is 4. The highest BCUT2D eigenvalue weighted by Crippen LogP contribution is 2.28. The predicted molar refractivity (Wildman–Crippen MR) is 59.4 cm³/mol. The van der Waals surface area contributed by atoms with Crippen molar-refractivity contribution in [2.24, 2.45) is 16.8 Å². The normalized spacial score (nSPS) is 21.3. The van der Waals surface area contributed by atoms with Gasteiger partial charge < -0.3 is 20.6 Å². The zero-order valence-electron chi connectivity index (χ0n) is 10.2. The van der Waals surface area contributed by atoms with Gasteiger partial charge in [0.25, 0.3) is 0 Å². The fourth-order valence-corrected chi connectivity index (χ4v) is 2.00. The van der Waals surface area contributed by atoms with Gasteiger partial charge in [0.05, 0.1) is 0 Å². The SMILES string of the molecule is CN(CC(C(N)=NO)C(F)(F)F)C1CCOCC1. The van der Waals surface area contributed by atoms with Crippen LogP contribution in [-0.2, 0) is 4.74 Å². The van der Waals surface area contributed by atoms with E-state index in [9.17, 15) is 13.2 Å². The minimum absolute atomic E-state index is 0.0371. The van der Waals surface area contributed by atoms with Crippen LogP contribution in [-0.4, -0.2) is 55.0 Å². The number of rotatable bonds is 4. The summed E-state index contributed by atoms with van der Waals surface area (Å²) >= 11 is 0. The van der Waals surface area contributed by atoms with Crippen molar-refractivity contribution < 1.29 is 23.1 Å². The van der Waals surface area contributed by atoms with E-state index in [4.69, 9.17) is 15.7 Å². The van der Waals surface area contributed by atoms with Crippen LogP contribution in [0.1, 0.15) is 12.8 Å². The van der Waals surface area contributed by atoms with Crippen molar-refractivity contribution in [2.45, 2.75) is 25.1 Å². The molecule has 0 amide bonds. The fraction of sp³-hybridized carbons (Fsp3) is 0.900. The van der Waals surface area contributed by atoms with Crippen molar-refractivity contribution >= 4 is 5.84 Å². The maximum atomic E-state index is 12.8. The highest BCUT2D eigenvalue weighted by atomic mass is 19.4. The summed E-state index contributed by atoms with van der Waals surface area (Å²) in [5, 5.41) is 10.9. The lowest BCUT2D eigenvalue weighted by Crippen LogP contribution is -2.47. The molecular weight excluding hydrogens is 251 g/mol. The lowest BCUT2D eigenvalue weighted by atomic mass is 10.0. The monoisotopic (exact) mass is 269 g/mol. The molecular formula is C10H18F3N3O2. The first kappa shape index (κ1) is 15.0. The fourth-order valence-electron chi connectivity index (χ4n) is 2.00. The molecule has 0 aromatic rings. The summed E-state index contributed by atoms with van der Waals surface area (Å²) in [6.45, 7) is 0.786. The van der Waals surface area contributed by atoms with Crippen LogP contribution in [0.5, 0.6) is 0 Å². The number of oxime groups is 1. The summed E-state index contributed by atoms with van der Waals surface area (Å²) in [5.41, 5.74) is 5.11. The van der Waals surface area contributed by atoms with Crippen LogP contribution in [0, 0.1) is 5.92 Å². The molecule has 0 radical (unpaired) electrons. The molecule has 1 aliphatic heterocycles. The van der Waals surface area contributed by atoms with Crippen molar-refractivity contribution in [3.8, 4) is 0 Å². The van der Waals surface area contributed by atoms with Gasteiger partial charge in [-0.1, -0.05) is 5.16 Å². The molecule has 1 aliphatic rings. The third-order valence-corrected chi connectivity index (χ3v) is 3.15. The van der Waals surface area contributed by atoms with Gasteiger partial charge in [0.15, 0.2) is 5.84 Å². The molecule has 0 aromatic carbocycles. The van der Waals surface area contributed by atoms with E-state index in [2.05, 4.69) is 5.16 Å². The first-order chi connectivity index (χ1) is 8.36. The van der Waals surface area contributed by atoms with E-state index in [-0.39, 0.29) is 12.6 Å². The van der Waals surface area contributed by atoms with E-state index in [0.717, 1.165) is 0 Å². The Labute approximate surface area is 103 Å². The number of halogens is 3. The minimum Gasteiger partial charge on any atom is -0.409 e. The second kappa shape index (κ2) is 6.24. The van der Waals surface area contributed by atoms with Gasteiger partial charge in [0.1, 0.15) is 5.92 Å². The van der Waals surface area contributed by atoms with Gasteiger partial charge >= 0.3 is 6.18 Å². The predicted octanol–water partition coefficient (Wildman–Crippen LogP) is 1.02. The molecule has 1 atom stereocenters. The smallest absolute Gasteiger partial charge is 0.400 e. The van der Waals surface area contributed by atoms with Crippen LogP contribution in [0.25, 0.3) is 0 Å². The average Bonchev–Trinajstić information content (AvgIpc) is 2.34. The van der Waals surface area contributed by atoms with E-state index in [1.807, 2.05) is 0 Å². The summed E-state index contributed by atoms with van der Waals surface area (Å²) in [7, 11) is 1.61. The number of nitrogens with zero attached hydrogens (tertiary/aromatic N) is 2. The first-order valence-corrected chi connectivity index (χ1v) is 5.68. The second-order valence-electron chi connectivity index (χ2n) is 4.40. The van der Waals surface area contributed by atoms with Crippen molar-refractivity contribution in [3.63, 3.8) is 0 Å². The van der Waals surface area contributed by atoms with Crippen LogP contribution >= 0.6 is 0 Å². The van der Waals surface area contributed by atoms with Crippen LogP contribution < -0.4 is 5.73 Å². The first-order valence-electron chi connectivity index (χ1n) is 5.68. The van der Waals surface area contributed by atoms with Gasteiger partial charge in [-0.2, -0.15) is 13.2 Å². The standard InChI is InChI=1S/C10H18F3N3O2/c1-16(7-2-4-18-5-3-7)6-8(9(14)15-17)10(11,12)13/h7-8,17H,2-6H2,1H3,(H2,14,15). The highest BCUT2D eigenvalue weighted by molar-refractivity contribution is 5.83. The molecule has 5 nitrogen and oxygen atoms in total. The van der Waals surface area contributed by atoms with E-state index in [1.165, 1.54) is 0 Å². The van der Waals surface area contributed by atoms with E-state index in [1.54, 1.807) is 11.9 Å². The number of amidine groups is 1. The van der Waals surface area contributed by atoms with Crippen LogP contribution in [0.2, 0.25) is 0 Å². The molecule has 0 aliphatic carbocycles. The molecule has 1 rings (SSSR count). The van der Waals surface area contributed by atoms with Crippen molar-refractivity contribution in [1.82, 2.24) is 4.90 Å². The molecule has 1 fully saturated rings. The molecule has 8 heteroatoms. The van der Waals surface area contributed by atoms with Gasteiger partial charge in [-0.25, -0.2) is 0 Å². The van der Waals surface area contributed by atoms with Crippen molar-refractivity contribution in [1.29, 1.82) is 0 Å². The number of ether oxygens (including phenoxy) is 1. The van der Waals surface area contributed by atoms with Crippen molar-refractivity contribution in [3.05, 3.63) is 0 Å². The van der Waals surface area contributed by atoms with Gasteiger partial charge in [0.2, 0.25) is 0 Å². The molecule has 1 heterocycles. The molecule has 0 aromatic heterocycles. The number of nitrogens with two attached hydrogens (primary N) is 1. The second-order valence-corrected chi connectivity index (χ2v) is 4.40. The van der Waals surface area contributed by atoms with E-state index < -0.39 is 17.9 Å². The van der Waals surface area contributed by atoms with E-state index >= 15 is 0 Å². The third-order valence-electron chi connectivity index (χ3n) is 3.15. The van der Waals surface area contributed by atoms with Gasteiger partial charge in [-0.05, 0) is 19.9 Å². The van der Waals surface area contributed by atoms with Crippen LogP contribution in [0.4, 0.5) is 13.2 Å². The Kier molecular flexibility index (Phi) is 5.21. The van der Waals surface area contributed by atoms with E-state index in [0.29, 0.717) is 26.1 Å². The van der Waals surface area contributed by atoms with Crippen molar-refractivity contribution in [2.75, 3.05) is 26.8 Å². The summed E-state index contributed by atoms with van der Waals surface area (Å²) in [4.78, 5) is 1.60. The zero-order chi connectivity index (χ0) is 13.8. The summed E-state index contributed by atoms with van der Waals surface area (Å²) in [5.74, 6) is -2.75. The maximum Gasteiger partial charge on any atom is 0.400 e. The summed E-state index contributed by atoms with van der Waals surface area (Å²) < 4.78 is 43.4. The van der Waals surface area contributed by atoms with Gasteiger partial charge in [0, 0.05) is 25.8 Å². The van der Waals surface area contributed by atoms with Crippen LogP contribution in [0.3, 0.4) is 0 Å². The molecule has 1 saturated heterocycles. The molecule has 106 valence electrons. The summed E-state index contributed by atoms with van der Waals surface area (Å²) in [6, 6.07) is 0.0371. The molecule has 1 unspecified atom stereocenters. The lowest BCUT2D eigenvalue weighted by Gasteiger charge is -2.33. The quantitative estimate of drug-likeness (QED) is 0.346. The Hall–Kier alpha value is -1.02. The Morgan fingerprint density at radius 2 is 2.06 bits per heavy atom. The third kappa shape index (κ3) is 4.02. The molecule has 0 saturated carbocycles. The average molecular weight is 269 g/mol. The number of alkyl halides is 3. The van der Waals surface area contributed by atoms with Crippen LogP contribution in [0.15, 0.2) is 5.16 Å². The zero-order valence-corrected chi connectivity index (χ0v) is 10.2. The molecule has 18 heavy (non-hydrogen) atoms. The van der Waals surface area contributed by atoms with Gasteiger partial charge in [-0.3, -0.25) is 0 Å². The highest BCUT2D eigenvalue weighted by Gasteiger charge is 2.44. The molecule has 0 spiro atoms. The minimum atomic E-state index is -4.52.